The van der Waals surface area contributed by atoms with Gasteiger partial charge in [-0.3, -0.25) is 4.79 Å². The molecule has 42 heavy (non-hydrogen) atoms. The van der Waals surface area contributed by atoms with Gasteiger partial charge >= 0.3 is 0 Å². The first-order valence-corrected chi connectivity index (χ1v) is 15.4. The summed E-state index contributed by atoms with van der Waals surface area (Å²) in [5.41, 5.74) is 10.4. The van der Waals surface area contributed by atoms with E-state index in [0.717, 1.165) is 36.2 Å². The van der Waals surface area contributed by atoms with E-state index >= 15 is 0 Å². The molecule has 4 aromatic rings. The number of ether oxygens (including phenoxy) is 1. The number of aromatic nitrogens is 2. The van der Waals surface area contributed by atoms with Crippen LogP contribution in [0, 0.1) is 11.6 Å². The van der Waals surface area contributed by atoms with Crippen LogP contribution in [0.4, 0.5) is 14.7 Å². The van der Waals surface area contributed by atoms with Gasteiger partial charge in [0.1, 0.15) is 5.69 Å². The molecule has 0 unspecified atom stereocenters. The Bertz CT molecular complexity index is 1490. The minimum absolute atomic E-state index is 0.00930. The molecule has 1 amide bonds. The van der Waals surface area contributed by atoms with Crippen LogP contribution in [0.15, 0.2) is 54.6 Å². The molecule has 10 heteroatoms. The first-order valence-electron chi connectivity index (χ1n) is 13.8. The van der Waals surface area contributed by atoms with Crippen molar-refractivity contribution in [2.75, 3.05) is 38.8 Å². The molecule has 1 aromatic heterocycles. The van der Waals surface area contributed by atoms with Crippen LogP contribution in [0.25, 0.3) is 22.0 Å². The Labute approximate surface area is 254 Å². The third-order valence-corrected chi connectivity index (χ3v) is 6.65. The molecule has 0 atom stereocenters. The van der Waals surface area contributed by atoms with E-state index in [9.17, 15) is 13.6 Å². The van der Waals surface area contributed by atoms with Gasteiger partial charge in [0, 0.05) is 25.1 Å². The second-order valence-corrected chi connectivity index (χ2v) is 9.73. The van der Waals surface area contributed by atoms with Crippen molar-refractivity contribution in [1.82, 2.24) is 19.8 Å². The van der Waals surface area contributed by atoms with Crippen molar-refractivity contribution >= 4 is 38.7 Å². The van der Waals surface area contributed by atoms with E-state index in [-0.39, 0.29) is 24.2 Å². The van der Waals surface area contributed by atoms with Crippen molar-refractivity contribution in [2.45, 2.75) is 40.0 Å². The number of alkyl halides is 1. The van der Waals surface area contributed by atoms with Crippen LogP contribution in [-0.2, 0) is 24.4 Å². The SMILES string of the molecule is CBr.CC.CN(C)CCCOCc1cc(F)c(F)cc1-c1ccc2nc(N)nc(C(=O)N3Cc4ccccc4C3)c2c1. The highest BCUT2D eigenvalue weighted by molar-refractivity contribution is 9.08. The van der Waals surface area contributed by atoms with Crippen molar-refractivity contribution in [2.24, 2.45) is 0 Å². The molecule has 0 fully saturated rings. The Morgan fingerprint density at radius 3 is 2.29 bits per heavy atom. The molecule has 5 rings (SSSR count). The molecule has 0 radical (unpaired) electrons. The first-order chi connectivity index (χ1) is 20.3. The van der Waals surface area contributed by atoms with E-state index in [4.69, 9.17) is 10.5 Å². The molecule has 3 aromatic carbocycles. The number of amides is 1. The molecule has 0 saturated carbocycles. The second kappa shape index (κ2) is 15.7. The van der Waals surface area contributed by atoms with Gasteiger partial charge in [0.05, 0.1) is 12.1 Å². The van der Waals surface area contributed by atoms with Gasteiger partial charge in [-0.1, -0.05) is 60.1 Å². The molecule has 1 aliphatic heterocycles. The van der Waals surface area contributed by atoms with Crippen LogP contribution >= 0.6 is 15.9 Å². The maximum Gasteiger partial charge on any atom is 0.273 e. The minimum Gasteiger partial charge on any atom is -0.377 e. The summed E-state index contributed by atoms with van der Waals surface area (Å²) < 4.78 is 34.3. The maximum atomic E-state index is 14.4. The summed E-state index contributed by atoms with van der Waals surface area (Å²) in [6, 6.07) is 15.4. The number of nitrogen functional groups attached to an aromatic ring is 1. The molecule has 0 spiro atoms. The van der Waals surface area contributed by atoms with Gasteiger partial charge in [0.15, 0.2) is 11.6 Å². The normalized spacial score (nSPS) is 12.0. The number of hydrogen-bond acceptors (Lipinski definition) is 6. The molecule has 0 bridgehead atoms. The lowest BCUT2D eigenvalue weighted by Gasteiger charge is -2.17. The summed E-state index contributed by atoms with van der Waals surface area (Å²) in [6.07, 6.45) is 0.812. The summed E-state index contributed by atoms with van der Waals surface area (Å²) in [4.78, 5) is 25.9. The van der Waals surface area contributed by atoms with Gasteiger partial charge in [-0.15, -0.1) is 0 Å². The lowest BCUT2D eigenvalue weighted by Crippen LogP contribution is -2.27. The van der Waals surface area contributed by atoms with Gasteiger partial charge < -0.3 is 20.3 Å². The average molecular weight is 643 g/mol. The van der Waals surface area contributed by atoms with Gasteiger partial charge in [0.25, 0.3) is 5.91 Å². The molecule has 2 heterocycles. The van der Waals surface area contributed by atoms with Crippen LogP contribution < -0.4 is 5.73 Å². The summed E-state index contributed by atoms with van der Waals surface area (Å²) >= 11 is 2.94. The highest BCUT2D eigenvalue weighted by Gasteiger charge is 2.27. The van der Waals surface area contributed by atoms with Gasteiger partial charge in [-0.05, 0) is 85.0 Å². The molecule has 224 valence electrons. The number of fused-ring (bicyclic) bond motifs is 2. The summed E-state index contributed by atoms with van der Waals surface area (Å²) in [7, 11) is 3.96. The van der Waals surface area contributed by atoms with Crippen LogP contribution in [0.3, 0.4) is 0 Å². The fraction of sp³-hybridized carbons (Fsp3) is 0.344. The number of rotatable bonds is 8. The van der Waals surface area contributed by atoms with Crippen LogP contribution in [0.1, 0.15) is 47.4 Å². The number of halogens is 3. The molecule has 0 aliphatic carbocycles. The highest BCUT2D eigenvalue weighted by atomic mass is 79.9. The van der Waals surface area contributed by atoms with Crippen LogP contribution in [0.5, 0.6) is 0 Å². The minimum atomic E-state index is -0.962. The number of benzene rings is 3. The summed E-state index contributed by atoms with van der Waals surface area (Å²) in [5.74, 6) is -0.372. The predicted molar refractivity (Wildman–Crippen MR) is 168 cm³/mol. The molecule has 7 nitrogen and oxygen atoms in total. The van der Waals surface area contributed by atoms with Crippen molar-refractivity contribution in [1.29, 1.82) is 0 Å². The van der Waals surface area contributed by atoms with Crippen molar-refractivity contribution < 1.29 is 18.3 Å². The zero-order valence-electron chi connectivity index (χ0n) is 24.8. The van der Waals surface area contributed by atoms with E-state index in [1.165, 1.54) is 0 Å². The zero-order valence-corrected chi connectivity index (χ0v) is 26.3. The Morgan fingerprint density at radius 1 is 1.00 bits per heavy atom. The fourth-order valence-electron chi connectivity index (χ4n) is 4.74. The monoisotopic (exact) mass is 641 g/mol. The number of nitrogens with two attached hydrogens (primary N) is 1. The van der Waals surface area contributed by atoms with E-state index in [1.54, 1.807) is 23.1 Å². The number of carbonyl (C=O) groups excluding carboxylic acids is 1. The van der Waals surface area contributed by atoms with Crippen LogP contribution in [-0.4, -0.2) is 58.8 Å². The van der Waals surface area contributed by atoms with E-state index in [0.29, 0.717) is 47.3 Å². The lowest BCUT2D eigenvalue weighted by molar-refractivity contribution is 0.0747. The van der Waals surface area contributed by atoms with Gasteiger partial charge in [-0.25, -0.2) is 18.7 Å². The Hall–Kier alpha value is -3.47. The largest absolute Gasteiger partial charge is 0.377 e. The first kappa shape index (κ1) is 33.0. The third kappa shape index (κ3) is 7.87. The Kier molecular flexibility index (Phi) is 12.3. The van der Waals surface area contributed by atoms with E-state index < -0.39 is 11.6 Å². The maximum absolute atomic E-state index is 14.4. The predicted octanol–water partition coefficient (Wildman–Crippen LogP) is 6.82. The topological polar surface area (TPSA) is 84.6 Å². The number of anilines is 1. The van der Waals surface area contributed by atoms with Crippen LogP contribution in [0.2, 0.25) is 0 Å². The average Bonchev–Trinajstić information content (AvgIpc) is 3.44. The van der Waals surface area contributed by atoms with Crippen molar-refractivity contribution in [3.8, 4) is 11.1 Å². The fourth-order valence-corrected chi connectivity index (χ4v) is 4.74. The van der Waals surface area contributed by atoms with E-state index in [2.05, 4.69) is 30.8 Å². The highest BCUT2D eigenvalue weighted by Crippen LogP contribution is 2.32. The molecular formula is C32H38BrF2N5O2. The van der Waals surface area contributed by atoms with Crippen molar-refractivity contribution in [3.05, 3.63) is 88.6 Å². The summed E-state index contributed by atoms with van der Waals surface area (Å²) in [5, 5.41) is 0.486. The number of carbonyl (C=O) groups is 1. The standard InChI is InChI=1S/C29H29F2N5O2.C2H6.CH3Br/c1-35(2)10-5-11-38-17-21-13-24(30)25(31)14-22(21)18-8-9-26-23(12-18)27(34-29(32)33-26)28(37)36-15-19-6-3-4-7-20(19)16-36;2*1-2/h3-4,6-9,12-14H,5,10-11,15-17H2,1-2H3,(H2,32,33,34);1-2H3;1H3. The Balaban J connectivity index is 0.00000116. The molecule has 0 saturated heterocycles. The zero-order chi connectivity index (χ0) is 30.8. The third-order valence-electron chi connectivity index (χ3n) is 6.65. The van der Waals surface area contributed by atoms with Crippen molar-refractivity contribution in [3.63, 3.8) is 0 Å². The second-order valence-electron chi connectivity index (χ2n) is 9.73. The summed E-state index contributed by atoms with van der Waals surface area (Å²) in [6.45, 7) is 6.40. The number of hydrogen-bond donors (Lipinski definition) is 1. The molecular weight excluding hydrogens is 604 g/mol. The molecule has 2 N–H and O–H groups in total. The van der Waals surface area contributed by atoms with E-state index in [1.807, 2.05) is 58.0 Å². The number of nitrogens with zero attached hydrogens (tertiary/aromatic N) is 4. The Morgan fingerprint density at radius 2 is 1.64 bits per heavy atom. The molecule has 1 aliphatic rings. The smallest absolute Gasteiger partial charge is 0.273 e. The lowest BCUT2D eigenvalue weighted by atomic mass is 9.97. The quantitative estimate of drug-likeness (QED) is 0.168. The van der Waals surface area contributed by atoms with Gasteiger partial charge in [0.2, 0.25) is 5.95 Å². The van der Waals surface area contributed by atoms with Gasteiger partial charge in [-0.2, -0.15) is 0 Å².